The summed E-state index contributed by atoms with van der Waals surface area (Å²) in [7, 11) is 0. The molecule has 0 aliphatic heterocycles. The van der Waals surface area contributed by atoms with E-state index in [-0.39, 0.29) is 6.10 Å². The Morgan fingerprint density at radius 2 is 1.61 bits per heavy atom. The number of aryl methyl sites for hydroxylation is 2. The van der Waals surface area contributed by atoms with Crippen molar-refractivity contribution < 1.29 is 5.11 Å². The Balaban J connectivity index is 2.33. The van der Waals surface area contributed by atoms with Gasteiger partial charge < -0.3 is 5.11 Å². The summed E-state index contributed by atoms with van der Waals surface area (Å²) in [6.07, 6.45) is 7.92. The standard InChI is InChI=1S/C17H28O/c1-4-5-6-7-8-12-16(18)13-17-14(2)10-9-11-15(17)3/h9-11,16,18H,4-8,12-13H2,1-3H3. The molecule has 0 saturated heterocycles. The molecule has 0 radical (unpaired) electrons. The van der Waals surface area contributed by atoms with Gasteiger partial charge in [-0.2, -0.15) is 0 Å². The van der Waals surface area contributed by atoms with Crippen molar-refractivity contribution in [2.75, 3.05) is 0 Å². The molecule has 0 aliphatic rings. The maximum Gasteiger partial charge on any atom is 0.0580 e. The molecule has 0 fully saturated rings. The highest BCUT2D eigenvalue weighted by Gasteiger charge is 2.09. The fourth-order valence-corrected chi connectivity index (χ4v) is 2.49. The molecule has 102 valence electrons. The van der Waals surface area contributed by atoms with Crippen LogP contribution in [0.5, 0.6) is 0 Å². The molecule has 0 amide bonds. The van der Waals surface area contributed by atoms with Gasteiger partial charge in [-0.1, -0.05) is 57.2 Å². The molecule has 1 aromatic carbocycles. The third-order valence-electron chi connectivity index (χ3n) is 3.73. The first kappa shape index (κ1) is 15.2. The van der Waals surface area contributed by atoms with Gasteiger partial charge in [-0.3, -0.25) is 0 Å². The molecule has 1 nitrogen and oxygen atoms in total. The van der Waals surface area contributed by atoms with Crippen molar-refractivity contribution in [2.45, 2.75) is 71.8 Å². The first-order chi connectivity index (χ1) is 8.65. The van der Waals surface area contributed by atoms with Crippen LogP contribution in [0, 0.1) is 13.8 Å². The number of hydrogen-bond acceptors (Lipinski definition) is 1. The predicted molar refractivity (Wildman–Crippen MR) is 79.0 cm³/mol. The predicted octanol–water partition coefficient (Wildman–Crippen LogP) is 4.57. The highest BCUT2D eigenvalue weighted by atomic mass is 16.3. The quantitative estimate of drug-likeness (QED) is 0.668. The molecule has 0 heterocycles. The molecule has 0 saturated carbocycles. The van der Waals surface area contributed by atoms with Crippen LogP contribution in [0.4, 0.5) is 0 Å². The number of benzene rings is 1. The molecule has 1 heteroatoms. The van der Waals surface area contributed by atoms with Crippen LogP contribution in [0.15, 0.2) is 18.2 Å². The zero-order valence-electron chi connectivity index (χ0n) is 12.2. The Kier molecular flexibility index (Phi) is 7.04. The zero-order valence-corrected chi connectivity index (χ0v) is 12.2. The van der Waals surface area contributed by atoms with Gasteiger partial charge in [0.2, 0.25) is 0 Å². The van der Waals surface area contributed by atoms with E-state index in [0.717, 1.165) is 19.3 Å². The second-order valence-corrected chi connectivity index (χ2v) is 5.43. The first-order valence-electron chi connectivity index (χ1n) is 7.38. The van der Waals surface area contributed by atoms with E-state index >= 15 is 0 Å². The second-order valence-electron chi connectivity index (χ2n) is 5.43. The molecule has 1 rings (SSSR count). The second kappa shape index (κ2) is 8.31. The van der Waals surface area contributed by atoms with Crippen molar-refractivity contribution in [3.63, 3.8) is 0 Å². The summed E-state index contributed by atoms with van der Waals surface area (Å²) in [6, 6.07) is 6.36. The molecule has 1 N–H and O–H groups in total. The minimum absolute atomic E-state index is 0.175. The van der Waals surface area contributed by atoms with Crippen LogP contribution in [0.1, 0.15) is 62.1 Å². The van der Waals surface area contributed by atoms with E-state index in [1.807, 2.05) is 0 Å². The van der Waals surface area contributed by atoms with Gasteiger partial charge >= 0.3 is 0 Å². The Morgan fingerprint density at radius 3 is 2.22 bits per heavy atom. The molecular weight excluding hydrogens is 220 g/mol. The fraction of sp³-hybridized carbons (Fsp3) is 0.647. The van der Waals surface area contributed by atoms with Crippen LogP contribution in [-0.2, 0) is 6.42 Å². The average molecular weight is 248 g/mol. The largest absolute Gasteiger partial charge is 0.393 e. The molecular formula is C17H28O. The van der Waals surface area contributed by atoms with Gasteiger partial charge in [0, 0.05) is 0 Å². The SMILES string of the molecule is CCCCCCCC(O)Cc1c(C)cccc1C. The highest BCUT2D eigenvalue weighted by molar-refractivity contribution is 5.33. The van der Waals surface area contributed by atoms with Gasteiger partial charge in [0.15, 0.2) is 0 Å². The zero-order chi connectivity index (χ0) is 13.4. The third kappa shape index (κ3) is 5.22. The van der Waals surface area contributed by atoms with Crippen molar-refractivity contribution in [3.05, 3.63) is 34.9 Å². The summed E-state index contributed by atoms with van der Waals surface area (Å²) in [6.45, 7) is 6.50. The summed E-state index contributed by atoms with van der Waals surface area (Å²) in [5.74, 6) is 0. The van der Waals surface area contributed by atoms with Crippen molar-refractivity contribution in [1.29, 1.82) is 0 Å². The van der Waals surface area contributed by atoms with Gasteiger partial charge in [-0.15, -0.1) is 0 Å². The van der Waals surface area contributed by atoms with Gasteiger partial charge in [-0.25, -0.2) is 0 Å². The highest BCUT2D eigenvalue weighted by Crippen LogP contribution is 2.17. The number of rotatable bonds is 8. The van der Waals surface area contributed by atoms with E-state index in [4.69, 9.17) is 0 Å². The summed E-state index contributed by atoms with van der Waals surface area (Å²) >= 11 is 0. The van der Waals surface area contributed by atoms with Gasteiger partial charge in [0.25, 0.3) is 0 Å². The molecule has 0 aromatic heterocycles. The first-order valence-corrected chi connectivity index (χ1v) is 7.38. The molecule has 0 spiro atoms. The Bertz CT molecular complexity index is 323. The van der Waals surface area contributed by atoms with Crippen LogP contribution >= 0.6 is 0 Å². The topological polar surface area (TPSA) is 20.2 Å². The molecule has 1 unspecified atom stereocenters. The molecule has 0 aliphatic carbocycles. The van der Waals surface area contributed by atoms with E-state index in [2.05, 4.69) is 39.0 Å². The van der Waals surface area contributed by atoms with Gasteiger partial charge in [0.1, 0.15) is 0 Å². The fourth-order valence-electron chi connectivity index (χ4n) is 2.49. The van der Waals surface area contributed by atoms with Crippen molar-refractivity contribution in [2.24, 2.45) is 0 Å². The van der Waals surface area contributed by atoms with Gasteiger partial charge in [-0.05, 0) is 43.4 Å². The van der Waals surface area contributed by atoms with Crippen molar-refractivity contribution in [1.82, 2.24) is 0 Å². The van der Waals surface area contributed by atoms with Crippen molar-refractivity contribution >= 4 is 0 Å². The van der Waals surface area contributed by atoms with E-state index in [1.165, 1.54) is 42.4 Å². The van der Waals surface area contributed by atoms with E-state index in [0.29, 0.717) is 0 Å². The minimum Gasteiger partial charge on any atom is -0.393 e. The number of aliphatic hydroxyl groups is 1. The normalized spacial score (nSPS) is 12.7. The lowest BCUT2D eigenvalue weighted by Crippen LogP contribution is -2.12. The summed E-state index contributed by atoms with van der Waals surface area (Å²) in [4.78, 5) is 0. The smallest absolute Gasteiger partial charge is 0.0580 e. The van der Waals surface area contributed by atoms with Crippen LogP contribution in [0.2, 0.25) is 0 Å². The van der Waals surface area contributed by atoms with Crippen LogP contribution in [0.25, 0.3) is 0 Å². The van der Waals surface area contributed by atoms with Crippen LogP contribution in [0.3, 0.4) is 0 Å². The Labute approximate surface area is 112 Å². The monoisotopic (exact) mass is 248 g/mol. The molecule has 0 bridgehead atoms. The van der Waals surface area contributed by atoms with Crippen LogP contribution < -0.4 is 0 Å². The summed E-state index contributed by atoms with van der Waals surface area (Å²) < 4.78 is 0. The maximum absolute atomic E-state index is 10.1. The Morgan fingerprint density at radius 1 is 1.00 bits per heavy atom. The van der Waals surface area contributed by atoms with E-state index in [9.17, 15) is 5.11 Å². The molecule has 1 atom stereocenters. The number of hydrogen-bond donors (Lipinski definition) is 1. The lowest BCUT2D eigenvalue weighted by atomic mass is 9.95. The average Bonchev–Trinajstić information content (AvgIpc) is 2.34. The van der Waals surface area contributed by atoms with Crippen molar-refractivity contribution in [3.8, 4) is 0 Å². The lowest BCUT2D eigenvalue weighted by Gasteiger charge is -2.14. The maximum atomic E-state index is 10.1. The van der Waals surface area contributed by atoms with E-state index < -0.39 is 0 Å². The minimum atomic E-state index is -0.175. The Hall–Kier alpha value is -0.820. The number of unbranched alkanes of at least 4 members (excludes halogenated alkanes) is 4. The van der Waals surface area contributed by atoms with Crippen LogP contribution in [-0.4, -0.2) is 11.2 Å². The van der Waals surface area contributed by atoms with E-state index in [1.54, 1.807) is 0 Å². The summed E-state index contributed by atoms with van der Waals surface area (Å²) in [5, 5.41) is 10.1. The summed E-state index contributed by atoms with van der Waals surface area (Å²) in [5.41, 5.74) is 3.94. The number of aliphatic hydroxyl groups excluding tert-OH is 1. The third-order valence-corrected chi connectivity index (χ3v) is 3.73. The molecule has 18 heavy (non-hydrogen) atoms. The molecule has 1 aromatic rings. The van der Waals surface area contributed by atoms with Gasteiger partial charge in [0.05, 0.1) is 6.10 Å². The lowest BCUT2D eigenvalue weighted by molar-refractivity contribution is 0.160.